The van der Waals surface area contributed by atoms with Crippen LogP contribution < -0.4 is 0 Å². The Balaban J connectivity index is 2.66. The zero-order valence-corrected chi connectivity index (χ0v) is 15.4. The molecule has 1 fully saturated rings. The van der Waals surface area contributed by atoms with Gasteiger partial charge in [-0.15, -0.1) is 13.2 Å². The van der Waals surface area contributed by atoms with Gasteiger partial charge in [-0.3, -0.25) is 0 Å². The quantitative estimate of drug-likeness (QED) is 0.352. The average molecular weight is 325 g/mol. The average Bonchev–Trinajstić information content (AvgIpc) is 2.56. The van der Waals surface area contributed by atoms with Crippen LogP contribution in [0.2, 0.25) is 0 Å². The van der Waals surface area contributed by atoms with Crippen molar-refractivity contribution in [2.75, 3.05) is 19.8 Å². The summed E-state index contributed by atoms with van der Waals surface area (Å²) in [7, 11) is 0. The smallest absolute Gasteiger partial charge is 0.282 e. The van der Waals surface area contributed by atoms with E-state index in [1.807, 2.05) is 20.8 Å². The first kappa shape index (κ1) is 20.4. The normalized spacial score (nSPS) is 21.1. The van der Waals surface area contributed by atoms with E-state index in [1.165, 1.54) is 25.7 Å². The Morgan fingerprint density at radius 3 is 2.04 bits per heavy atom. The van der Waals surface area contributed by atoms with Crippen molar-refractivity contribution in [1.82, 2.24) is 0 Å². The maximum atomic E-state index is 5.82. The zero-order chi connectivity index (χ0) is 17.2. The highest BCUT2D eigenvalue weighted by Gasteiger charge is 2.37. The van der Waals surface area contributed by atoms with Crippen LogP contribution in [0, 0.1) is 11.3 Å². The maximum Gasteiger partial charge on any atom is 0.282 e. The molecule has 0 N–H and O–H groups in total. The van der Waals surface area contributed by atoms with Gasteiger partial charge in [0.05, 0.1) is 0 Å². The summed E-state index contributed by atoms with van der Waals surface area (Å²) in [4.78, 5) is 0. The van der Waals surface area contributed by atoms with Gasteiger partial charge in [0.1, 0.15) is 0 Å². The SMILES string of the molecule is C=CC1(C=C)CCCCC1CCCC(OCC)(OCC)OCC. The van der Waals surface area contributed by atoms with Crippen molar-refractivity contribution in [3.05, 3.63) is 25.3 Å². The Morgan fingerprint density at radius 1 is 1.00 bits per heavy atom. The predicted octanol–water partition coefficient (Wildman–Crippen LogP) is 5.47. The minimum Gasteiger partial charge on any atom is -0.328 e. The van der Waals surface area contributed by atoms with Crippen molar-refractivity contribution < 1.29 is 14.2 Å². The van der Waals surface area contributed by atoms with Crippen LogP contribution in [-0.4, -0.2) is 25.8 Å². The largest absolute Gasteiger partial charge is 0.328 e. The standard InChI is InChI=1S/C20H36O3/c1-6-19(7-2)16-12-11-14-18(19)15-13-17-20(21-8-3,22-9-4)23-10-5/h6-7,18H,1-2,8-17H2,3-5H3. The van der Waals surface area contributed by atoms with E-state index < -0.39 is 5.97 Å². The topological polar surface area (TPSA) is 27.7 Å². The maximum absolute atomic E-state index is 5.82. The fourth-order valence-electron chi connectivity index (χ4n) is 3.89. The Hall–Kier alpha value is -0.640. The first-order valence-corrected chi connectivity index (χ1v) is 9.31. The monoisotopic (exact) mass is 324 g/mol. The number of hydrogen-bond donors (Lipinski definition) is 0. The minimum atomic E-state index is -0.877. The van der Waals surface area contributed by atoms with Crippen LogP contribution in [0.3, 0.4) is 0 Å². The Bertz CT molecular complexity index is 326. The second kappa shape index (κ2) is 10.3. The number of allylic oxidation sites excluding steroid dienone is 2. The van der Waals surface area contributed by atoms with E-state index in [1.54, 1.807) is 0 Å². The first-order chi connectivity index (χ1) is 11.1. The van der Waals surface area contributed by atoms with Crippen LogP contribution in [0.1, 0.15) is 65.7 Å². The molecule has 0 aliphatic heterocycles. The van der Waals surface area contributed by atoms with Crippen LogP contribution >= 0.6 is 0 Å². The van der Waals surface area contributed by atoms with Gasteiger partial charge in [0, 0.05) is 31.7 Å². The van der Waals surface area contributed by atoms with E-state index in [0.717, 1.165) is 19.3 Å². The molecular formula is C20H36O3. The lowest BCUT2D eigenvalue weighted by atomic mass is 9.65. The molecule has 3 nitrogen and oxygen atoms in total. The van der Waals surface area contributed by atoms with Gasteiger partial charge < -0.3 is 14.2 Å². The van der Waals surface area contributed by atoms with Crippen molar-refractivity contribution in [1.29, 1.82) is 0 Å². The summed E-state index contributed by atoms with van der Waals surface area (Å²) in [5.74, 6) is -0.258. The van der Waals surface area contributed by atoms with E-state index in [4.69, 9.17) is 14.2 Å². The molecule has 0 aromatic carbocycles. The van der Waals surface area contributed by atoms with Gasteiger partial charge in [0.2, 0.25) is 0 Å². The highest BCUT2D eigenvalue weighted by atomic mass is 16.9. The summed E-state index contributed by atoms with van der Waals surface area (Å²) < 4.78 is 17.5. The van der Waals surface area contributed by atoms with Crippen LogP contribution in [0.4, 0.5) is 0 Å². The molecule has 0 heterocycles. The molecule has 1 atom stereocenters. The van der Waals surface area contributed by atoms with E-state index >= 15 is 0 Å². The van der Waals surface area contributed by atoms with E-state index in [9.17, 15) is 0 Å². The summed E-state index contributed by atoms with van der Waals surface area (Å²) >= 11 is 0. The van der Waals surface area contributed by atoms with E-state index in [2.05, 4.69) is 25.3 Å². The summed E-state index contributed by atoms with van der Waals surface area (Å²) in [6.07, 6.45) is 12.2. The van der Waals surface area contributed by atoms with Crippen molar-refractivity contribution in [2.45, 2.75) is 71.7 Å². The van der Waals surface area contributed by atoms with Crippen molar-refractivity contribution in [2.24, 2.45) is 11.3 Å². The molecule has 0 spiro atoms. The molecule has 0 amide bonds. The van der Waals surface area contributed by atoms with Crippen molar-refractivity contribution >= 4 is 0 Å². The van der Waals surface area contributed by atoms with Crippen molar-refractivity contribution in [3.63, 3.8) is 0 Å². The molecule has 0 bridgehead atoms. The molecule has 1 saturated carbocycles. The highest BCUT2D eigenvalue weighted by molar-refractivity contribution is 5.11. The summed E-state index contributed by atoms with van der Waals surface area (Å²) in [5, 5.41) is 0. The van der Waals surface area contributed by atoms with Gasteiger partial charge in [-0.25, -0.2) is 0 Å². The summed E-state index contributed by atoms with van der Waals surface area (Å²) in [6.45, 7) is 15.9. The highest BCUT2D eigenvalue weighted by Crippen LogP contribution is 2.46. The Labute approximate surface area is 143 Å². The molecule has 0 aromatic heterocycles. The van der Waals surface area contributed by atoms with E-state index in [0.29, 0.717) is 25.7 Å². The molecule has 1 aliphatic rings. The molecule has 3 heteroatoms. The van der Waals surface area contributed by atoms with Crippen LogP contribution in [0.25, 0.3) is 0 Å². The van der Waals surface area contributed by atoms with Gasteiger partial charge in [0.15, 0.2) is 0 Å². The predicted molar refractivity (Wildman–Crippen MR) is 96.2 cm³/mol. The molecule has 1 unspecified atom stereocenters. The van der Waals surface area contributed by atoms with Gasteiger partial charge >= 0.3 is 0 Å². The number of rotatable bonds is 12. The van der Waals surface area contributed by atoms with Gasteiger partial charge in [-0.05, 0) is 52.4 Å². The van der Waals surface area contributed by atoms with E-state index in [-0.39, 0.29) is 5.41 Å². The number of ether oxygens (including phenoxy) is 3. The van der Waals surface area contributed by atoms with Crippen molar-refractivity contribution in [3.8, 4) is 0 Å². The fraction of sp³-hybridized carbons (Fsp3) is 0.800. The third kappa shape index (κ3) is 5.44. The Morgan fingerprint density at radius 2 is 1.57 bits per heavy atom. The fourth-order valence-corrected chi connectivity index (χ4v) is 3.89. The summed E-state index contributed by atoms with van der Waals surface area (Å²) in [5.41, 5.74) is 0.101. The van der Waals surface area contributed by atoms with Crippen LogP contribution in [0.5, 0.6) is 0 Å². The lowest BCUT2D eigenvalue weighted by Crippen LogP contribution is -2.40. The van der Waals surface area contributed by atoms with Gasteiger partial charge in [-0.2, -0.15) is 0 Å². The van der Waals surface area contributed by atoms with Gasteiger partial charge in [0.25, 0.3) is 5.97 Å². The molecule has 134 valence electrons. The molecule has 1 rings (SSSR count). The zero-order valence-electron chi connectivity index (χ0n) is 15.4. The molecule has 0 radical (unpaired) electrons. The molecular weight excluding hydrogens is 288 g/mol. The minimum absolute atomic E-state index is 0.101. The first-order valence-electron chi connectivity index (χ1n) is 9.31. The second-order valence-electron chi connectivity index (χ2n) is 6.34. The van der Waals surface area contributed by atoms with Crippen LogP contribution in [-0.2, 0) is 14.2 Å². The molecule has 23 heavy (non-hydrogen) atoms. The molecule has 1 aliphatic carbocycles. The second-order valence-corrected chi connectivity index (χ2v) is 6.34. The number of hydrogen-bond acceptors (Lipinski definition) is 3. The summed E-state index contributed by atoms with van der Waals surface area (Å²) in [6, 6.07) is 0. The van der Waals surface area contributed by atoms with Crippen LogP contribution in [0.15, 0.2) is 25.3 Å². The lowest BCUT2D eigenvalue weighted by Gasteiger charge is -2.41. The van der Waals surface area contributed by atoms with Gasteiger partial charge in [-0.1, -0.05) is 25.0 Å². The third-order valence-corrected chi connectivity index (χ3v) is 5.06. The third-order valence-electron chi connectivity index (χ3n) is 5.06. The lowest BCUT2D eigenvalue weighted by molar-refractivity contribution is -0.380. The Kier molecular flexibility index (Phi) is 9.11. The molecule has 0 aromatic rings. The molecule has 0 saturated heterocycles.